The molecule has 2 amide bonds. The summed E-state index contributed by atoms with van der Waals surface area (Å²) in [6, 6.07) is -1.04. The van der Waals surface area contributed by atoms with Crippen LogP contribution in [0.2, 0.25) is 0 Å². The SMILES string of the molecule is CC(=O)OC/C=C\C1=C(C(=O)O)N2C(=O)C(NC(=O)/C(=N\OC(C)=O)c3csc(N)n3)C2SC1. The topological polar surface area (TPSA) is 191 Å². The molecule has 0 spiro atoms. The third kappa shape index (κ3) is 5.43. The van der Waals surface area contributed by atoms with Crippen molar-refractivity contribution in [1.29, 1.82) is 0 Å². The number of thioether (sulfide) groups is 1. The molecule has 0 radical (unpaired) electrons. The maximum absolute atomic E-state index is 12.8. The van der Waals surface area contributed by atoms with Gasteiger partial charge in [-0.3, -0.25) is 19.3 Å². The van der Waals surface area contributed by atoms with Crippen LogP contribution in [0.15, 0.2) is 34.0 Å². The Morgan fingerprint density at radius 3 is 2.68 bits per heavy atom. The van der Waals surface area contributed by atoms with Crippen molar-refractivity contribution >= 4 is 63.7 Å². The number of hydrogen-bond acceptors (Lipinski definition) is 12. The van der Waals surface area contributed by atoms with Crippen molar-refractivity contribution in [2.45, 2.75) is 25.3 Å². The van der Waals surface area contributed by atoms with Crippen LogP contribution < -0.4 is 11.1 Å². The van der Waals surface area contributed by atoms with Gasteiger partial charge in [0.25, 0.3) is 11.8 Å². The van der Waals surface area contributed by atoms with Crippen LogP contribution in [0.1, 0.15) is 19.5 Å². The summed E-state index contributed by atoms with van der Waals surface area (Å²) in [5.74, 6) is -3.82. The molecule has 15 heteroatoms. The molecule has 0 aromatic carbocycles. The fraction of sp³-hybridized carbons (Fsp3) is 0.316. The summed E-state index contributed by atoms with van der Waals surface area (Å²) in [5, 5.41) is 16.6. The third-order valence-electron chi connectivity index (χ3n) is 4.43. The van der Waals surface area contributed by atoms with Crippen molar-refractivity contribution in [3.8, 4) is 0 Å². The Labute approximate surface area is 200 Å². The summed E-state index contributed by atoms with van der Waals surface area (Å²) in [6.07, 6.45) is 2.95. The van der Waals surface area contributed by atoms with E-state index in [2.05, 4.69) is 20.3 Å². The van der Waals surface area contributed by atoms with E-state index in [1.165, 1.54) is 36.2 Å². The Hall–Kier alpha value is -3.72. The van der Waals surface area contributed by atoms with Gasteiger partial charge in [0.05, 0.1) is 0 Å². The number of allylic oxidation sites excluding steroid dienone is 1. The number of oxime groups is 1. The van der Waals surface area contributed by atoms with E-state index in [1.54, 1.807) is 0 Å². The number of nitrogens with zero attached hydrogens (tertiary/aromatic N) is 3. The predicted octanol–water partition coefficient (Wildman–Crippen LogP) is -0.150. The summed E-state index contributed by atoms with van der Waals surface area (Å²) >= 11 is 2.28. The van der Waals surface area contributed by atoms with Gasteiger partial charge in [-0.2, -0.15) is 0 Å². The zero-order valence-corrected chi connectivity index (χ0v) is 19.5. The van der Waals surface area contributed by atoms with E-state index in [0.717, 1.165) is 23.2 Å². The highest BCUT2D eigenvalue weighted by atomic mass is 32.2. The molecule has 0 aliphatic carbocycles. The number of carboxylic acid groups (broad SMARTS) is 1. The Morgan fingerprint density at radius 2 is 2.09 bits per heavy atom. The molecule has 34 heavy (non-hydrogen) atoms. The second-order valence-corrected chi connectivity index (χ2v) is 8.83. The number of fused-ring (bicyclic) bond motifs is 1. The van der Waals surface area contributed by atoms with Gasteiger partial charge in [-0.05, 0) is 11.6 Å². The average molecular weight is 510 g/mol. The number of β-lactam (4-membered cyclic amide) rings is 1. The lowest BCUT2D eigenvalue weighted by atomic mass is 10.0. The van der Waals surface area contributed by atoms with Crippen molar-refractivity contribution in [3.05, 3.63) is 34.5 Å². The molecule has 180 valence electrons. The van der Waals surface area contributed by atoms with Crippen molar-refractivity contribution in [2.24, 2.45) is 5.16 Å². The Morgan fingerprint density at radius 1 is 1.35 bits per heavy atom. The second-order valence-electron chi connectivity index (χ2n) is 6.84. The van der Waals surface area contributed by atoms with Crippen LogP contribution in [0.4, 0.5) is 5.13 Å². The van der Waals surface area contributed by atoms with Gasteiger partial charge in [0.15, 0.2) is 10.8 Å². The number of nitrogen functional groups attached to an aromatic ring is 1. The Balaban J connectivity index is 1.77. The van der Waals surface area contributed by atoms with E-state index in [9.17, 15) is 29.1 Å². The van der Waals surface area contributed by atoms with Crippen molar-refractivity contribution in [3.63, 3.8) is 0 Å². The molecule has 2 aliphatic heterocycles. The van der Waals surface area contributed by atoms with E-state index in [4.69, 9.17) is 10.5 Å². The molecule has 3 heterocycles. The van der Waals surface area contributed by atoms with E-state index < -0.39 is 41.1 Å². The first-order valence-electron chi connectivity index (χ1n) is 9.59. The monoisotopic (exact) mass is 509 g/mol. The summed E-state index contributed by atoms with van der Waals surface area (Å²) in [6.45, 7) is 2.30. The number of hydrogen-bond donors (Lipinski definition) is 3. The lowest BCUT2D eigenvalue weighted by molar-refractivity contribution is -0.150. The average Bonchev–Trinajstić information content (AvgIpc) is 3.19. The van der Waals surface area contributed by atoms with Crippen LogP contribution >= 0.6 is 23.1 Å². The minimum atomic E-state index is -1.31. The molecule has 2 unspecified atom stereocenters. The van der Waals surface area contributed by atoms with Crippen molar-refractivity contribution in [1.82, 2.24) is 15.2 Å². The molecule has 0 bridgehead atoms. The number of aromatic nitrogens is 1. The van der Waals surface area contributed by atoms with Crippen LogP contribution in [0.25, 0.3) is 0 Å². The standard InChI is InChI=1S/C19H19N5O8S2/c1-8(25)31-5-3-4-10-6-33-17-13(16(28)24(17)14(10)18(29)30)22-15(27)12(23-32-9(2)26)11-7-34-19(20)21-11/h3-4,7,13,17H,5-6H2,1-2H3,(H2,20,21)(H,22,27)(H,29,30)/b4-3-,23-12-. The number of carboxylic acids is 1. The predicted molar refractivity (Wildman–Crippen MR) is 120 cm³/mol. The number of anilines is 1. The number of thiazole rings is 1. The quantitative estimate of drug-likeness (QED) is 0.139. The number of esters is 1. The zero-order chi connectivity index (χ0) is 25.0. The van der Waals surface area contributed by atoms with Crippen LogP contribution in [-0.2, 0) is 33.5 Å². The molecule has 0 saturated carbocycles. The second kappa shape index (κ2) is 10.5. The summed E-state index contributed by atoms with van der Waals surface area (Å²) in [5.41, 5.74) is 5.41. The zero-order valence-electron chi connectivity index (χ0n) is 17.8. The smallest absolute Gasteiger partial charge is 0.352 e. The number of nitrogens with two attached hydrogens (primary N) is 1. The Bertz CT molecular complexity index is 1140. The van der Waals surface area contributed by atoms with Crippen LogP contribution in [0, 0.1) is 0 Å². The van der Waals surface area contributed by atoms with Gasteiger partial charge in [-0.15, -0.1) is 23.1 Å². The molecule has 1 fully saturated rings. The molecule has 3 rings (SSSR count). The summed E-state index contributed by atoms with van der Waals surface area (Å²) < 4.78 is 4.78. The fourth-order valence-corrected chi connectivity index (χ4v) is 4.91. The first-order chi connectivity index (χ1) is 16.1. The highest BCUT2D eigenvalue weighted by molar-refractivity contribution is 8.00. The van der Waals surface area contributed by atoms with E-state index in [1.807, 2.05) is 0 Å². The number of ether oxygens (including phenoxy) is 1. The molecule has 4 N–H and O–H groups in total. The molecule has 2 atom stereocenters. The third-order valence-corrected chi connectivity index (χ3v) is 6.41. The number of rotatable bonds is 8. The Kier molecular flexibility index (Phi) is 7.68. The van der Waals surface area contributed by atoms with Gasteiger partial charge in [-0.25, -0.2) is 14.6 Å². The fourth-order valence-electron chi connectivity index (χ4n) is 3.05. The van der Waals surface area contributed by atoms with Crippen LogP contribution in [0.3, 0.4) is 0 Å². The normalized spacial score (nSPS) is 20.0. The van der Waals surface area contributed by atoms with Gasteiger partial charge in [-0.1, -0.05) is 11.2 Å². The first-order valence-corrected chi connectivity index (χ1v) is 11.5. The molecule has 1 saturated heterocycles. The summed E-state index contributed by atoms with van der Waals surface area (Å²) in [7, 11) is 0. The van der Waals surface area contributed by atoms with Crippen LogP contribution in [-0.4, -0.2) is 74.2 Å². The lowest BCUT2D eigenvalue weighted by Gasteiger charge is -2.49. The largest absolute Gasteiger partial charge is 0.477 e. The van der Waals surface area contributed by atoms with Crippen LogP contribution in [0.5, 0.6) is 0 Å². The highest BCUT2D eigenvalue weighted by Gasteiger charge is 2.54. The number of aliphatic carboxylic acids is 1. The number of carbonyl (C=O) groups is 5. The minimum Gasteiger partial charge on any atom is -0.477 e. The van der Waals surface area contributed by atoms with Gasteiger partial charge in [0.2, 0.25) is 0 Å². The summed E-state index contributed by atoms with van der Waals surface area (Å²) in [4.78, 5) is 69.1. The van der Waals surface area contributed by atoms with Gasteiger partial charge in [0.1, 0.15) is 29.4 Å². The molecule has 1 aromatic heterocycles. The van der Waals surface area contributed by atoms with Gasteiger partial charge in [0, 0.05) is 25.0 Å². The highest BCUT2D eigenvalue weighted by Crippen LogP contribution is 2.40. The van der Waals surface area contributed by atoms with Gasteiger partial charge >= 0.3 is 17.9 Å². The maximum atomic E-state index is 12.8. The van der Waals surface area contributed by atoms with Crippen molar-refractivity contribution in [2.75, 3.05) is 18.1 Å². The lowest BCUT2D eigenvalue weighted by Crippen LogP contribution is -2.71. The first kappa shape index (κ1) is 24.9. The van der Waals surface area contributed by atoms with E-state index in [0.29, 0.717) is 5.57 Å². The molecular weight excluding hydrogens is 490 g/mol. The molecule has 13 nitrogen and oxygen atoms in total. The number of amides is 2. The molecular formula is C19H19N5O8S2. The van der Waals surface area contributed by atoms with Crippen molar-refractivity contribution < 1.29 is 38.7 Å². The molecule has 1 aromatic rings. The maximum Gasteiger partial charge on any atom is 0.352 e. The van der Waals surface area contributed by atoms with E-state index in [-0.39, 0.29) is 34.6 Å². The number of nitrogens with one attached hydrogen (secondary N) is 1. The number of carbonyl (C=O) groups excluding carboxylic acids is 4. The minimum absolute atomic E-state index is 0.0436. The molecule has 2 aliphatic rings. The van der Waals surface area contributed by atoms with E-state index >= 15 is 0 Å². The van der Waals surface area contributed by atoms with Gasteiger partial charge < -0.3 is 25.7 Å².